The van der Waals surface area contributed by atoms with E-state index in [0.717, 1.165) is 23.2 Å². The number of nitrogens with zero attached hydrogens (tertiary/aromatic N) is 1. The van der Waals surface area contributed by atoms with Gasteiger partial charge in [-0.3, -0.25) is 0 Å². The van der Waals surface area contributed by atoms with Gasteiger partial charge >= 0.3 is 6.03 Å². The molecule has 0 spiro atoms. The van der Waals surface area contributed by atoms with Crippen molar-refractivity contribution in [1.29, 1.82) is 0 Å². The largest absolute Gasteiger partial charge is 0.393 e. The van der Waals surface area contributed by atoms with Crippen molar-refractivity contribution in [3.8, 4) is 0 Å². The summed E-state index contributed by atoms with van der Waals surface area (Å²) in [7, 11) is 0. The van der Waals surface area contributed by atoms with Gasteiger partial charge in [-0.15, -0.1) is 0 Å². The van der Waals surface area contributed by atoms with Crippen LogP contribution in [0.1, 0.15) is 31.4 Å². The number of anilines is 1. The number of hydrogen-bond acceptors (Lipinski definition) is 2. The van der Waals surface area contributed by atoms with Crippen LogP contribution in [0.2, 0.25) is 5.02 Å². The molecule has 1 fully saturated rings. The maximum atomic E-state index is 14.1. The summed E-state index contributed by atoms with van der Waals surface area (Å²) in [6.45, 7) is 3.64. The van der Waals surface area contributed by atoms with Crippen molar-refractivity contribution in [1.82, 2.24) is 4.90 Å². The van der Waals surface area contributed by atoms with Gasteiger partial charge in [0.05, 0.1) is 18.8 Å². The number of alkyl halides is 1. The Balaban J connectivity index is 2.20. The second-order valence-electron chi connectivity index (χ2n) is 5.68. The van der Waals surface area contributed by atoms with E-state index >= 15 is 0 Å². The minimum Gasteiger partial charge on any atom is -0.393 e. The van der Waals surface area contributed by atoms with E-state index in [1.165, 1.54) is 4.90 Å². The minimum absolute atomic E-state index is 0.0845. The van der Waals surface area contributed by atoms with Crippen LogP contribution >= 0.6 is 11.6 Å². The van der Waals surface area contributed by atoms with Crippen molar-refractivity contribution in [3.05, 3.63) is 28.3 Å². The van der Waals surface area contributed by atoms with Crippen molar-refractivity contribution in [2.75, 3.05) is 25.0 Å². The van der Waals surface area contributed by atoms with Crippen LogP contribution in [0, 0.1) is 0 Å². The number of amides is 2. The van der Waals surface area contributed by atoms with Crippen molar-refractivity contribution in [2.24, 2.45) is 0 Å². The summed E-state index contributed by atoms with van der Waals surface area (Å²) in [5.41, 5.74) is 0.930. The van der Waals surface area contributed by atoms with Crippen molar-refractivity contribution >= 4 is 23.3 Å². The highest BCUT2D eigenvalue weighted by molar-refractivity contribution is 6.31. The van der Waals surface area contributed by atoms with E-state index in [2.05, 4.69) is 5.32 Å². The lowest BCUT2D eigenvalue weighted by Crippen LogP contribution is -2.38. The Morgan fingerprint density at radius 1 is 1.45 bits per heavy atom. The fraction of sp³-hybridized carbons (Fsp3) is 0.562. The first-order valence-corrected chi connectivity index (χ1v) is 7.98. The lowest BCUT2D eigenvalue weighted by molar-refractivity contribution is 0.0813. The van der Waals surface area contributed by atoms with Gasteiger partial charge < -0.3 is 15.3 Å². The Hall–Kier alpha value is -1.33. The van der Waals surface area contributed by atoms with E-state index in [1.807, 2.05) is 26.0 Å². The van der Waals surface area contributed by atoms with Gasteiger partial charge in [-0.25, -0.2) is 9.18 Å². The molecule has 1 aliphatic heterocycles. The summed E-state index contributed by atoms with van der Waals surface area (Å²) in [6.07, 6.45) is 1.63. The number of aliphatic hydroxyl groups excluding tert-OH is 1. The number of carbonyl (C=O) groups excluding carboxylic acids is 1. The van der Waals surface area contributed by atoms with Crippen LogP contribution in [-0.2, 0) is 12.8 Å². The van der Waals surface area contributed by atoms with E-state index in [9.17, 15) is 9.18 Å². The number of aryl methyl sites for hydroxylation is 1. The Morgan fingerprint density at radius 2 is 2.18 bits per heavy atom. The number of nitrogens with one attached hydrogen (secondary N) is 1. The molecule has 2 rings (SSSR count). The molecule has 1 unspecified atom stereocenters. The fourth-order valence-electron chi connectivity index (χ4n) is 2.79. The first-order chi connectivity index (χ1) is 10.4. The summed E-state index contributed by atoms with van der Waals surface area (Å²) in [4.78, 5) is 13.8. The fourth-order valence-corrected chi connectivity index (χ4v) is 3.08. The molecule has 1 aromatic carbocycles. The van der Waals surface area contributed by atoms with Crippen molar-refractivity contribution in [2.45, 2.75) is 38.8 Å². The Morgan fingerprint density at radius 3 is 2.73 bits per heavy atom. The minimum atomic E-state index is -1.69. The van der Waals surface area contributed by atoms with E-state index in [1.54, 1.807) is 0 Å². The third-order valence-corrected chi connectivity index (χ3v) is 4.54. The number of likely N-dealkylation sites (tertiary alicyclic amines) is 1. The molecule has 1 aliphatic rings. The van der Waals surface area contributed by atoms with Crippen LogP contribution in [0.5, 0.6) is 0 Å². The van der Waals surface area contributed by atoms with Gasteiger partial charge in [0.15, 0.2) is 5.67 Å². The monoisotopic (exact) mass is 328 g/mol. The quantitative estimate of drug-likeness (QED) is 0.890. The SMILES string of the molecule is CCc1ccc(Cl)c(CC)c1NC(=O)N1CCC(F)(CO)C1. The Labute approximate surface area is 135 Å². The molecule has 22 heavy (non-hydrogen) atoms. The predicted molar refractivity (Wildman–Crippen MR) is 86.3 cm³/mol. The predicted octanol–water partition coefficient (Wildman–Crippen LogP) is 3.40. The molecule has 0 saturated carbocycles. The second kappa shape index (κ2) is 6.84. The van der Waals surface area contributed by atoms with Gasteiger partial charge in [-0.2, -0.15) is 0 Å². The Kier molecular flexibility index (Phi) is 5.29. The maximum absolute atomic E-state index is 14.1. The molecule has 1 aromatic rings. The highest BCUT2D eigenvalue weighted by Crippen LogP contribution is 2.31. The van der Waals surface area contributed by atoms with E-state index in [0.29, 0.717) is 18.0 Å². The molecule has 122 valence electrons. The van der Waals surface area contributed by atoms with E-state index < -0.39 is 12.3 Å². The van der Waals surface area contributed by atoms with Crippen LogP contribution in [0.4, 0.5) is 14.9 Å². The van der Waals surface area contributed by atoms with Crippen LogP contribution in [0.3, 0.4) is 0 Å². The smallest absolute Gasteiger partial charge is 0.321 e. The summed E-state index contributed by atoms with van der Waals surface area (Å²) in [6, 6.07) is 3.39. The van der Waals surface area contributed by atoms with Crippen LogP contribution in [-0.4, -0.2) is 41.4 Å². The zero-order valence-corrected chi connectivity index (χ0v) is 13.7. The van der Waals surface area contributed by atoms with Gasteiger partial charge in [0, 0.05) is 18.0 Å². The van der Waals surface area contributed by atoms with E-state index in [4.69, 9.17) is 16.7 Å². The molecule has 4 nitrogen and oxygen atoms in total. The standard InChI is InChI=1S/C16H22ClFN2O2/c1-3-11-5-6-13(17)12(4-2)14(11)19-15(22)20-8-7-16(18,9-20)10-21/h5-6,21H,3-4,7-10H2,1-2H3,(H,19,22). The molecule has 1 saturated heterocycles. The molecular weight excluding hydrogens is 307 g/mol. The van der Waals surface area contributed by atoms with Gasteiger partial charge in [0.2, 0.25) is 0 Å². The molecular formula is C16H22ClFN2O2. The van der Waals surface area contributed by atoms with Crippen LogP contribution < -0.4 is 5.32 Å². The summed E-state index contributed by atoms with van der Waals surface area (Å²) in [5, 5.41) is 12.6. The van der Waals surface area contributed by atoms with Crippen LogP contribution in [0.15, 0.2) is 12.1 Å². The first kappa shape index (κ1) is 17.0. The molecule has 0 aliphatic carbocycles. The third kappa shape index (κ3) is 3.36. The van der Waals surface area contributed by atoms with Gasteiger partial charge in [0.25, 0.3) is 0 Å². The number of aliphatic hydroxyl groups is 1. The number of hydrogen-bond donors (Lipinski definition) is 2. The van der Waals surface area contributed by atoms with Crippen molar-refractivity contribution in [3.63, 3.8) is 0 Å². The average molecular weight is 329 g/mol. The zero-order valence-electron chi connectivity index (χ0n) is 13.0. The highest BCUT2D eigenvalue weighted by Gasteiger charge is 2.39. The number of benzene rings is 1. The molecule has 0 radical (unpaired) electrons. The Bertz CT molecular complexity index is 567. The summed E-state index contributed by atoms with van der Waals surface area (Å²) < 4.78 is 14.1. The number of halogens is 2. The summed E-state index contributed by atoms with van der Waals surface area (Å²) >= 11 is 6.21. The molecule has 0 bridgehead atoms. The van der Waals surface area contributed by atoms with Gasteiger partial charge in [0.1, 0.15) is 0 Å². The number of carbonyl (C=O) groups is 1. The zero-order chi connectivity index (χ0) is 16.3. The van der Waals surface area contributed by atoms with E-state index in [-0.39, 0.29) is 19.0 Å². The molecule has 0 aromatic heterocycles. The number of urea groups is 1. The van der Waals surface area contributed by atoms with Crippen LogP contribution in [0.25, 0.3) is 0 Å². The third-order valence-electron chi connectivity index (χ3n) is 4.18. The molecule has 6 heteroatoms. The molecule has 2 amide bonds. The van der Waals surface area contributed by atoms with Crippen molar-refractivity contribution < 1.29 is 14.3 Å². The first-order valence-electron chi connectivity index (χ1n) is 7.60. The summed E-state index contributed by atoms with van der Waals surface area (Å²) in [5.74, 6) is 0. The van der Waals surface area contributed by atoms with Gasteiger partial charge in [-0.1, -0.05) is 31.5 Å². The molecule has 1 heterocycles. The lowest BCUT2D eigenvalue weighted by atomic mass is 10.0. The van der Waals surface area contributed by atoms with Gasteiger partial charge in [-0.05, 0) is 30.0 Å². The normalized spacial score (nSPS) is 21.2. The maximum Gasteiger partial charge on any atom is 0.321 e. The highest BCUT2D eigenvalue weighted by atomic mass is 35.5. The molecule has 1 atom stereocenters. The molecule has 2 N–H and O–H groups in total. The second-order valence-corrected chi connectivity index (χ2v) is 6.09. The average Bonchev–Trinajstić information content (AvgIpc) is 2.91. The number of rotatable bonds is 4. The topological polar surface area (TPSA) is 52.6 Å². The lowest BCUT2D eigenvalue weighted by Gasteiger charge is -2.22.